The van der Waals surface area contributed by atoms with Crippen molar-refractivity contribution in [3.63, 3.8) is 0 Å². The first-order valence-corrected chi connectivity index (χ1v) is 7.79. The first-order valence-electron chi connectivity index (χ1n) is 7.79. The lowest BCUT2D eigenvalue weighted by Gasteiger charge is -2.30. The quantitative estimate of drug-likeness (QED) is 0.800. The molecule has 114 valence electrons. The summed E-state index contributed by atoms with van der Waals surface area (Å²) < 4.78 is 2.27. The van der Waals surface area contributed by atoms with Gasteiger partial charge in [0.25, 0.3) is 0 Å². The monoisotopic (exact) mass is 294 g/mol. The van der Waals surface area contributed by atoms with Crippen molar-refractivity contribution >= 4 is 17.3 Å². The SMILES string of the molecule is CC1=CC(C)C(Cn2c(C)nc3ccccc32)C(C)=C1C=O. The highest BCUT2D eigenvalue weighted by Gasteiger charge is 2.26. The second kappa shape index (κ2) is 5.56. The van der Waals surface area contributed by atoms with Crippen molar-refractivity contribution in [2.24, 2.45) is 11.8 Å². The average molecular weight is 294 g/mol. The van der Waals surface area contributed by atoms with Gasteiger partial charge in [-0.05, 0) is 44.4 Å². The molecule has 1 aromatic heterocycles. The van der Waals surface area contributed by atoms with Crippen molar-refractivity contribution in [2.75, 3.05) is 0 Å². The van der Waals surface area contributed by atoms with Crippen molar-refractivity contribution in [2.45, 2.75) is 34.2 Å². The highest BCUT2D eigenvalue weighted by Crippen LogP contribution is 2.34. The summed E-state index contributed by atoms with van der Waals surface area (Å²) in [5.74, 6) is 1.78. The maximum Gasteiger partial charge on any atom is 0.150 e. The number of imidazole rings is 1. The summed E-state index contributed by atoms with van der Waals surface area (Å²) in [6.07, 6.45) is 3.22. The Morgan fingerprint density at radius 2 is 1.95 bits per heavy atom. The Kier molecular flexibility index (Phi) is 3.73. The van der Waals surface area contributed by atoms with Crippen LogP contribution in [0.4, 0.5) is 0 Å². The summed E-state index contributed by atoms with van der Waals surface area (Å²) in [5.41, 5.74) is 5.36. The van der Waals surface area contributed by atoms with Gasteiger partial charge in [-0.3, -0.25) is 4.79 Å². The minimum atomic E-state index is 0.334. The van der Waals surface area contributed by atoms with Crippen LogP contribution in [-0.4, -0.2) is 15.8 Å². The number of nitrogens with zero attached hydrogens (tertiary/aromatic N) is 2. The molecule has 2 unspecified atom stereocenters. The number of para-hydroxylation sites is 2. The molecule has 1 aliphatic carbocycles. The molecule has 0 N–H and O–H groups in total. The van der Waals surface area contributed by atoms with Crippen LogP contribution in [0.2, 0.25) is 0 Å². The third-order valence-electron chi connectivity index (χ3n) is 4.90. The molecule has 0 saturated heterocycles. The standard InChI is InChI=1S/C19H22N2O/c1-12-9-13(2)17(11-22)14(3)16(12)10-21-15(4)20-18-7-5-6-8-19(18)21/h5-9,11-12,16H,10H2,1-4H3. The van der Waals surface area contributed by atoms with Gasteiger partial charge in [-0.1, -0.05) is 30.7 Å². The predicted molar refractivity (Wildman–Crippen MR) is 89.6 cm³/mol. The molecule has 0 bridgehead atoms. The van der Waals surface area contributed by atoms with E-state index in [1.165, 1.54) is 11.1 Å². The summed E-state index contributed by atoms with van der Waals surface area (Å²) in [4.78, 5) is 16.0. The number of fused-ring (bicyclic) bond motifs is 1. The molecule has 2 atom stereocenters. The largest absolute Gasteiger partial charge is 0.328 e. The van der Waals surface area contributed by atoms with Crippen LogP contribution in [0, 0.1) is 18.8 Å². The van der Waals surface area contributed by atoms with Gasteiger partial charge in [0.15, 0.2) is 0 Å². The van der Waals surface area contributed by atoms with E-state index in [1.807, 2.05) is 32.0 Å². The molecule has 0 spiro atoms. The van der Waals surface area contributed by atoms with E-state index in [-0.39, 0.29) is 0 Å². The maximum atomic E-state index is 11.4. The third-order valence-corrected chi connectivity index (χ3v) is 4.90. The lowest BCUT2D eigenvalue weighted by atomic mass is 9.78. The molecule has 3 nitrogen and oxygen atoms in total. The molecule has 2 aromatic rings. The lowest BCUT2D eigenvalue weighted by Crippen LogP contribution is -2.24. The minimum Gasteiger partial charge on any atom is -0.328 e. The number of rotatable bonds is 3. The Bertz CT molecular complexity index is 795. The van der Waals surface area contributed by atoms with Crippen LogP contribution in [0.1, 0.15) is 26.6 Å². The highest BCUT2D eigenvalue weighted by atomic mass is 16.1. The van der Waals surface area contributed by atoms with Gasteiger partial charge in [0.2, 0.25) is 0 Å². The van der Waals surface area contributed by atoms with Gasteiger partial charge in [0.05, 0.1) is 11.0 Å². The number of allylic oxidation sites excluding steroid dienone is 4. The van der Waals surface area contributed by atoms with E-state index in [2.05, 4.69) is 35.5 Å². The van der Waals surface area contributed by atoms with E-state index < -0.39 is 0 Å². The zero-order chi connectivity index (χ0) is 15.9. The highest BCUT2D eigenvalue weighted by molar-refractivity contribution is 5.82. The van der Waals surface area contributed by atoms with Gasteiger partial charge in [0.1, 0.15) is 12.1 Å². The van der Waals surface area contributed by atoms with Gasteiger partial charge < -0.3 is 4.57 Å². The van der Waals surface area contributed by atoms with Gasteiger partial charge in [-0.25, -0.2) is 4.98 Å². The Labute approximate surface area is 131 Å². The second-order valence-electron chi connectivity index (χ2n) is 6.29. The number of aromatic nitrogens is 2. The van der Waals surface area contributed by atoms with Gasteiger partial charge in [-0.15, -0.1) is 0 Å². The summed E-state index contributed by atoms with van der Waals surface area (Å²) >= 11 is 0. The van der Waals surface area contributed by atoms with Crippen molar-refractivity contribution in [3.8, 4) is 0 Å². The van der Waals surface area contributed by atoms with Crippen LogP contribution in [0.5, 0.6) is 0 Å². The van der Waals surface area contributed by atoms with E-state index in [4.69, 9.17) is 0 Å². The van der Waals surface area contributed by atoms with Crippen LogP contribution in [0.25, 0.3) is 11.0 Å². The Balaban J connectivity index is 2.03. The van der Waals surface area contributed by atoms with Crippen molar-refractivity contribution in [3.05, 3.63) is 52.9 Å². The molecule has 1 aliphatic rings. The van der Waals surface area contributed by atoms with E-state index in [1.54, 1.807) is 0 Å². The Morgan fingerprint density at radius 3 is 2.68 bits per heavy atom. The van der Waals surface area contributed by atoms with Crippen molar-refractivity contribution < 1.29 is 4.79 Å². The Morgan fingerprint density at radius 1 is 1.23 bits per heavy atom. The molecule has 0 amide bonds. The molecule has 22 heavy (non-hydrogen) atoms. The van der Waals surface area contributed by atoms with Crippen molar-refractivity contribution in [1.82, 2.24) is 9.55 Å². The normalized spacial score (nSPS) is 22.1. The zero-order valence-corrected chi connectivity index (χ0v) is 13.6. The van der Waals surface area contributed by atoms with Gasteiger partial charge in [-0.2, -0.15) is 0 Å². The Hall–Kier alpha value is -2.16. The maximum absolute atomic E-state index is 11.4. The smallest absolute Gasteiger partial charge is 0.150 e. The second-order valence-corrected chi connectivity index (χ2v) is 6.29. The number of hydrogen-bond donors (Lipinski definition) is 0. The fourth-order valence-corrected chi connectivity index (χ4v) is 3.62. The van der Waals surface area contributed by atoms with Gasteiger partial charge >= 0.3 is 0 Å². The molecule has 1 aromatic carbocycles. The summed E-state index contributed by atoms with van der Waals surface area (Å²) in [7, 11) is 0. The van der Waals surface area contributed by atoms with Crippen LogP contribution in [-0.2, 0) is 11.3 Å². The number of aldehydes is 1. The predicted octanol–water partition coefficient (Wildman–Crippen LogP) is 4.07. The van der Waals surface area contributed by atoms with E-state index in [9.17, 15) is 4.79 Å². The number of carbonyl (C=O) groups is 1. The zero-order valence-electron chi connectivity index (χ0n) is 13.6. The number of benzene rings is 1. The number of carbonyl (C=O) groups excluding carboxylic acids is 1. The molecule has 0 saturated carbocycles. The van der Waals surface area contributed by atoms with Crippen LogP contribution >= 0.6 is 0 Å². The molecule has 0 radical (unpaired) electrons. The summed E-state index contributed by atoms with van der Waals surface area (Å²) in [6.45, 7) is 9.26. The molecule has 1 heterocycles. The molecular formula is C19H22N2O. The minimum absolute atomic E-state index is 0.334. The van der Waals surface area contributed by atoms with Gasteiger partial charge in [0, 0.05) is 18.0 Å². The lowest BCUT2D eigenvalue weighted by molar-refractivity contribution is -0.104. The van der Waals surface area contributed by atoms with Crippen LogP contribution in [0.15, 0.2) is 47.1 Å². The molecule has 0 fully saturated rings. The topological polar surface area (TPSA) is 34.9 Å². The van der Waals surface area contributed by atoms with E-state index >= 15 is 0 Å². The van der Waals surface area contributed by atoms with Crippen LogP contribution < -0.4 is 0 Å². The number of aryl methyl sites for hydroxylation is 1. The molecule has 3 heteroatoms. The molecule has 0 aliphatic heterocycles. The summed E-state index contributed by atoms with van der Waals surface area (Å²) in [6, 6.07) is 8.23. The molecule has 3 rings (SSSR count). The first-order chi connectivity index (χ1) is 10.5. The fourth-order valence-electron chi connectivity index (χ4n) is 3.62. The average Bonchev–Trinajstić information content (AvgIpc) is 2.79. The van der Waals surface area contributed by atoms with Crippen LogP contribution in [0.3, 0.4) is 0 Å². The fraction of sp³-hybridized carbons (Fsp3) is 0.368. The van der Waals surface area contributed by atoms with Crippen molar-refractivity contribution in [1.29, 1.82) is 0 Å². The summed E-state index contributed by atoms with van der Waals surface area (Å²) in [5, 5.41) is 0. The van der Waals surface area contributed by atoms with E-state index in [0.29, 0.717) is 11.8 Å². The third kappa shape index (κ3) is 2.31. The van der Waals surface area contributed by atoms with E-state index in [0.717, 1.165) is 35.3 Å². The number of hydrogen-bond acceptors (Lipinski definition) is 2. The first kappa shape index (κ1) is 14.8. The molecular weight excluding hydrogens is 272 g/mol.